The van der Waals surface area contributed by atoms with Gasteiger partial charge in [-0.2, -0.15) is 4.98 Å². The number of nitrogens with two attached hydrogens (primary N) is 1. The van der Waals surface area contributed by atoms with E-state index in [0.717, 1.165) is 6.42 Å². The number of nitrogen functional groups attached to an aromatic ring is 1. The third-order valence-electron chi connectivity index (χ3n) is 2.17. The van der Waals surface area contributed by atoms with Gasteiger partial charge in [-0.25, -0.2) is 4.68 Å². The lowest BCUT2D eigenvalue weighted by Crippen LogP contribution is -2.12. The summed E-state index contributed by atoms with van der Waals surface area (Å²) in [4.78, 5) is 17.7. The SMILES string of the molecule is Nc1nc2c(nnn2CCCCO)c(=O)[nH]1. The molecule has 0 spiro atoms. The molecule has 0 aromatic carbocycles. The van der Waals surface area contributed by atoms with Crippen LogP contribution in [0.25, 0.3) is 11.2 Å². The minimum absolute atomic E-state index is 0.0446. The summed E-state index contributed by atoms with van der Waals surface area (Å²) >= 11 is 0. The maximum Gasteiger partial charge on any atom is 0.282 e. The summed E-state index contributed by atoms with van der Waals surface area (Å²) in [5, 5.41) is 16.2. The van der Waals surface area contributed by atoms with Crippen molar-refractivity contribution in [2.75, 3.05) is 12.3 Å². The van der Waals surface area contributed by atoms with Crippen LogP contribution in [0.5, 0.6) is 0 Å². The van der Waals surface area contributed by atoms with Crippen LogP contribution in [-0.2, 0) is 6.54 Å². The van der Waals surface area contributed by atoms with Crippen molar-refractivity contribution >= 4 is 17.1 Å². The van der Waals surface area contributed by atoms with Crippen LogP contribution in [0.4, 0.5) is 5.95 Å². The van der Waals surface area contributed by atoms with E-state index in [2.05, 4.69) is 20.3 Å². The molecule has 0 amide bonds. The van der Waals surface area contributed by atoms with Gasteiger partial charge >= 0.3 is 0 Å². The predicted molar refractivity (Wildman–Crippen MR) is 56.7 cm³/mol. The highest BCUT2D eigenvalue weighted by molar-refractivity contribution is 5.69. The number of aliphatic hydroxyl groups excluding tert-OH is 1. The Hall–Kier alpha value is -1.96. The first-order chi connectivity index (χ1) is 7.72. The molecule has 2 aromatic rings. The average molecular weight is 224 g/mol. The fraction of sp³-hybridized carbons (Fsp3) is 0.500. The molecule has 0 atom stereocenters. The number of rotatable bonds is 4. The number of fused-ring (bicyclic) bond motifs is 1. The van der Waals surface area contributed by atoms with E-state index in [1.165, 1.54) is 4.68 Å². The monoisotopic (exact) mass is 224 g/mol. The molecule has 86 valence electrons. The number of hydrogen-bond acceptors (Lipinski definition) is 6. The molecule has 0 aliphatic rings. The van der Waals surface area contributed by atoms with Crippen LogP contribution >= 0.6 is 0 Å². The van der Waals surface area contributed by atoms with Crippen molar-refractivity contribution in [2.24, 2.45) is 0 Å². The zero-order valence-electron chi connectivity index (χ0n) is 8.55. The first-order valence-corrected chi connectivity index (χ1v) is 4.92. The van der Waals surface area contributed by atoms with Crippen molar-refractivity contribution < 1.29 is 5.11 Å². The summed E-state index contributed by atoms with van der Waals surface area (Å²) in [7, 11) is 0. The molecule has 0 aliphatic heterocycles. The van der Waals surface area contributed by atoms with Gasteiger partial charge in [-0.15, -0.1) is 5.10 Å². The number of aromatic nitrogens is 5. The molecular weight excluding hydrogens is 212 g/mol. The standard InChI is InChI=1S/C8H12N6O2/c9-8-10-6-5(7(16)11-8)12-13-14(6)3-1-2-4-15/h15H,1-4H2,(H3,9,10,11,16). The number of aryl methyl sites for hydroxylation is 1. The van der Waals surface area contributed by atoms with E-state index >= 15 is 0 Å². The molecule has 2 rings (SSSR count). The summed E-state index contributed by atoms with van der Waals surface area (Å²) in [5.41, 5.74) is 5.59. The number of nitrogens with zero attached hydrogens (tertiary/aromatic N) is 4. The molecular formula is C8H12N6O2. The third-order valence-corrected chi connectivity index (χ3v) is 2.17. The number of anilines is 1. The van der Waals surface area contributed by atoms with Gasteiger partial charge in [0.2, 0.25) is 5.95 Å². The normalized spacial score (nSPS) is 11.1. The topological polar surface area (TPSA) is 123 Å². The Morgan fingerprint density at radius 2 is 2.25 bits per heavy atom. The van der Waals surface area contributed by atoms with Crippen LogP contribution in [0.15, 0.2) is 4.79 Å². The second-order valence-corrected chi connectivity index (χ2v) is 3.37. The Morgan fingerprint density at radius 3 is 3.00 bits per heavy atom. The van der Waals surface area contributed by atoms with Gasteiger partial charge in [-0.05, 0) is 12.8 Å². The van der Waals surface area contributed by atoms with E-state index in [-0.39, 0.29) is 18.1 Å². The molecule has 0 radical (unpaired) electrons. The van der Waals surface area contributed by atoms with Gasteiger partial charge in [-0.1, -0.05) is 5.21 Å². The minimum atomic E-state index is -0.393. The third kappa shape index (κ3) is 1.87. The highest BCUT2D eigenvalue weighted by Gasteiger charge is 2.10. The molecule has 8 nitrogen and oxygen atoms in total. The fourth-order valence-corrected chi connectivity index (χ4v) is 1.41. The Bertz CT molecular complexity index is 545. The van der Waals surface area contributed by atoms with Gasteiger partial charge in [0.1, 0.15) is 0 Å². The van der Waals surface area contributed by atoms with E-state index in [1.807, 2.05) is 0 Å². The summed E-state index contributed by atoms with van der Waals surface area (Å²) in [6.07, 6.45) is 1.41. The van der Waals surface area contributed by atoms with Crippen LogP contribution in [-0.4, -0.2) is 36.7 Å². The predicted octanol–water partition coefficient (Wildman–Crippen LogP) is -1.13. The van der Waals surface area contributed by atoms with E-state index < -0.39 is 5.56 Å². The van der Waals surface area contributed by atoms with Crippen molar-refractivity contribution in [3.8, 4) is 0 Å². The lowest BCUT2D eigenvalue weighted by Gasteiger charge is -2.00. The molecule has 0 bridgehead atoms. The van der Waals surface area contributed by atoms with Crippen LogP contribution < -0.4 is 11.3 Å². The molecule has 0 saturated heterocycles. The Morgan fingerprint density at radius 1 is 1.44 bits per heavy atom. The highest BCUT2D eigenvalue weighted by Crippen LogP contribution is 2.05. The minimum Gasteiger partial charge on any atom is -0.396 e. The lowest BCUT2D eigenvalue weighted by atomic mass is 10.3. The van der Waals surface area contributed by atoms with Crippen molar-refractivity contribution in [3.63, 3.8) is 0 Å². The van der Waals surface area contributed by atoms with Gasteiger partial charge in [0, 0.05) is 13.2 Å². The number of nitrogens with one attached hydrogen (secondary N) is 1. The van der Waals surface area contributed by atoms with Crippen LogP contribution in [0, 0.1) is 0 Å². The Kier molecular flexibility index (Phi) is 2.82. The summed E-state index contributed by atoms with van der Waals surface area (Å²) in [6.45, 7) is 0.676. The molecule has 0 saturated carbocycles. The molecule has 0 fully saturated rings. The molecule has 16 heavy (non-hydrogen) atoms. The van der Waals surface area contributed by atoms with Crippen molar-refractivity contribution in [1.82, 2.24) is 25.0 Å². The fourth-order valence-electron chi connectivity index (χ4n) is 1.41. The average Bonchev–Trinajstić information content (AvgIpc) is 2.62. The number of aliphatic hydroxyl groups is 1. The van der Waals surface area contributed by atoms with Gasteiger partial charge in [0.05, 0.1) is 0 Å². The van der Waals surface area contributed by atoms with Gasteiger partial charge in [0.15, 0.2) is 11.2 Å². The number of H-pyrrole nitrogens is 1. The lowest BCUT2D eigenvalue weighted by molar-refractivity contribution is 0.280. The van der Waals surface area contributed by atoms with Crippen LogP contribution in [0.3, 0.4) is 0 Å². The second kappa shape index (κ2) is 4.27. The van der Waals surface area contributed by atoms with Gasteiger partial charge < -0.3 is 10.8 Å². The molecule has 4 N–H and O–H groups in total. The number of hydrogen-bond donors (Lipinski definition) is 3. The zero-order valence-corrected chi connectivity index (χ0v) is 8.55. The second-order valence-electron chi connectivity index (χ2n) is 3.37. The van der Waals surface area contributed by atoms with Gasteiger partial charge in [0.25, 0.3) is 5.56 Å². The Balaban J connectivity index is 2.36. The van der Waals surface area contributed by atoms with Crippen LogP contribution in [0.1, 0.15) is 12.8 Å². The van der Waals surface area contributed by atoms with E-state index in [1.54, 1.807) is 0 Å². The molecule has 0 aliphatic carbocycles. The molecule has 8 heteroatoms. The summed E-state index contributed by atoms with van der Waals surface area (Å²) in [6, 6.07) is 0. The number of aromatic amines is 1. The molecule has 0 unspecified atom stereocenters. The van der Waals surface area contributed by atoms with E-state index in [9.17, 15) is 4.79 Å². The van der Waals surface area contributed by atoms with Crippen molar-refractivity contribution in [2.45, 2.75) is 19.4 Å². The van der Waals surface area contributed by atoms with Crippen LogP contribution in [0.2, 0.25) is 0 Å². The maximum atomic E-state index is 11.4. The maximum absolute atomic E-state index is 11.4. The summed E-state index contributed by atoms with van der Waals surface area (Å²) in [5.74, 6) is 0.0446. The number of unbranched alkanes of at least 4 members (excludes halogenated alkanes) is 1. The summed E-state index contributed by atoms with van der Waals surface area (Å²) < 4.78 is 1.51. The zero-order chi connectivity index (χ0) is 11.5. The molecule has 2 heterocycles. The van der Waals surface area contributed by atoms with Gasteiger partial charge in [-0.3, -0.25) is 9.78 Å². The van der Waals surface area contributed by atoms with Crippen molar-refractivity contribution in [1.29, 1.82) is 0 Å². The molecule has 2 aromatic heterocycles. The van der Waals surface area contributed by atoms with Crippen molar-refractivity contribution in [3.05, 3.63) is 10.4 Å². The Labute approximate surface area is 90.1 Å². The quantitative estimate of drug-likeness (QED) is 0.565. The first kappa shape index (κ1) is 10.6. The van der Waals surface area contributed by atoms with E-state index in [0.29, 0.717) is 18.6 Å². The van der Waals surface area contributed by atoms with E-state index in [4.69, 9.17) is 10.8 Å². The first-order valence-electron chi connectivity index (χ1n) is 4.92. The largest absolute Gasteiger partial charge is 0.396 e. The highest BCUT2D eigenvalue weighted by atomic mass is 16.2. The smallest absolute Gasteiger partial charge is 0.282 e.